The number of hydrogen-bond acceptors (Lipinski definition) is 2. The molecule has 0 aromatic heterocycles. The van der Waals surface area contributed by atoms with Gasteiger partial charge in [0, 0.05) is 18.9 Å². The van der Waals surface area contributed by atoms with Crippen molar-refractivity contribution >= 4 is 5.78 Å². The van der Waals surface area contributed by atoms with Gasteiger partial charge >= 0.3 is 0 Å². The van der Waals surface area contributed by atoms with E-state index in [1.165, 1.54) is 0 Å². The maximum atomic E-state index is 10.9. The van der Waals surface area contributed by atoms with E-state index < -0.39 is 0 Å². The van der Waals surface area contributed by atoms with Crippen LogP contribution in [0.4, 0.5) is 0 Å². The van der Waals surface area contributed by atoms with Gasteiger partial charge in [0.05, 0.1) is 0 Å². The SMILES string of the molecule is CCN(C)C1CCC(=O)CC1. The highest BCUT2D eigenvalue weighted by molar-refractivity contribution is 5.79. The maximum absolute atomic E-state index is 10.9. The minimum atomic E-state index is 0.450. The molecule has 0 radical (unpaired) electrons. The summed E-state index contributed by atoms with van der Waals surface area (Å²) >= 11 is 0. The largest absolute Gasteiger partial charge is 0.304 e. The number of rotatable bonds is 2. The summed E-state index contributed by atoms with van der Waals surface area (Å²) in [6.07, 6.45) is 3.75. The Balaban J connectivity index is 2.32. The predicted octanol–water partition coefficient (Wildman–Crippen LogP) is 1.45. The Morgan fingerprint density at radius 1 is 1.45 bits per heavy atom. The zero-order valence-corrected chi connectivity index (χ0v) is 7.47. The van der Waals surface area contributed by atoms with Gasteiger partial charge < -0.3 is 4.90 Å². The van der Waals surface area contributed by atoms with Gasteiger partial charge in [-0.1, -0.05) is 6.92 Å². The zero-order valence-electron chi connectivity index (χ0n) is 7.47. The molecule has 64 valence electrons. The number of carbonyl (C=O) groups is 1. The Bertz CT molecular complexity index is 134. The van der Waals surface area contributed by atoms with E-state index in [4.69, 9.17) is 0 Å². The second kappa shape index (κ2) is 3.86. The fourth-order valence-corrected chi connectivity index (χ4v) is 1.62. The fraction of sp³-hybridized carbons (Fsp3) is 0.889. The Labute approximate surface area is 68.6 Å². The topological polar surface area (TPSA) is 20.3 Å². The first-order valence-corrected chi connectivity index (χ1v) is 4.46. The second-order valence-corrected chi connectivity index (χ2v) is 3.34. The summed E-state index contributed by atoms with van der Waals surface area (Å²) in [4.78, 5) is 13.2. The molecule has 0 unspecified atom stereocenters. The van der Waals surface area contributed by atoms with Crippen LogP contribution >= 0.6 is 0 Å². The first kappa shape index (κ1) is 8.72. The molecule has 0 amide bonds. The minimum Gasteiger partial charge on any atom is -0.304 e. The van der Waals surface area contributed by atoms with Crippen LogP contribution in [0.25, 0.3) is 0 Å². The molecule has 2 heteroatoms. The van der Waals surface area contributed by atoms with E-state index in [1.807, 2.05) is 0 Å². The number of hydrogen-bond donors (Lipinski definition) is 0. The van der Waals surface area contributed by atoms with Crippen LogP contribution in [0.3, 0.4) is 0 Å². The Morgan fingerprint density at radius 3 is 2.45 bits per heavy atom. The van der Waals surface area contributed by atoms with E-state index >= 15 is 0 Å². The quantitative estimate of drug-likeness (QED) is 0.601. The summed E-state index contributed by atoms with van der Waals surface area (Å²) in [5.41, 5.74) is 0. The predicted molar refractivity (Wildman–Crippen MR) is 45.6 cm³/mol. The van der Waals surface area contributed by atoms with Crippen molar-refractivity contribution in [2.75, 3.05) is 13.6 Å². The summed E-state index contributed by atoms with van der Waals surface area (Å²) in [7, 11) is 2.14. The Morgan fingerprint density at radius 2 is 2.00 bits per heavy atom. The molecule has 0 aliphatic heterocycles. The van der Waals surface area contributed by atoms with Crippen molar-refractivity contribution < 1.29 is 4.79 Å². The fourth-order valence-electron chi connectivity index (χ4n) is 1.62. The van der Waals surface area contributed by atoms with Crippen molar-refractivity contribution in [3.05, 3.63) is 0 Å². The van der Waals surface area contributed by atoms with E-state index in [9.17, 15) is 4.79 Å². The van der Waals surface area contributed by atoms with Crippen molar-refractivity contribution in [1.29, 1.82) is 0 Å². The normalized spacial score (nSPS) is 21.2. The Kier molecular flexibility index (Phi) is 3.06. The third-order valence-corrected chi connectivity index (χ3v) is 2.63. The van der Waals surface area contributed by atoms with E-state index in [-0.39, 0.29) is 0 Å². The highest BCUT2D eigenvalue weighted by Gasteiger charge is 2.20. The molecular weight excluding hydrogens is 138 g/mol. The number of carbonyl (C=O) groups excluding carboxylic acids is 1. The second-order valence-electron chi connectivity index (χ2n) is 3.34. The van der Waals surface area contributed by atoms with Crippen molar-refractivity contribution in [3.8, 4) is 0 Å². The molecule has 0 heterocycles. The van der Waals surface area contributed by atoms with Crippen LogP contribution in [0, 0.1) is 0 Å². The molecule has 0 spiro atoms. The summed E-state index contributed by atoms with van der Waals surface area (Å²) in [6, 6.07) is 0.665. The third kappa shape index (κ3) is 2.29. The van der Waals surface area contributed by atoms with Gasteiger partial charge in [-0.05, 0) is 26.4 Å². The van der Waals surface area contributed by atoms with E-state index in [2.05, 4.69) is 18.9 Å². The molecule has 1 saturated carbocycles. The first-order chi connectivity index (χ1) is 5.24. The zero-order chi connectivity index (χ0) is 8.27. The molecule has 0 bridgehead atoms. The molecule has 2 nitrogen and oxygen atoms in total. The van der Waals surface area contributed by atoms with Crippen molar-refractivity contribution in [3.63, 3.8) is 0 Å². The van der Waals surface area contributed by atoms with Gasteiger partial charge in [-0.15, -0.1) is 0 Å². The highest BCUT2D eigenvalue weighted by Crippen LogP contribution is 2.18. The molecule has 0 aromatic carbocycles. The lowest BCUT2D eigenvalue weighted by Gasteiger charge is -2.29. The van der Waals surface area contributed by atoms with Gasteiger partial charge in [-0.25, -0.2) is 0 Å². The van der Waals surface area contributed by atoms with Crippen LogP contribution in [0.2, 0.25) is 0 Å². The van der Waals surface area contributed by atoms with Gasteiger partial charge in [0.1, 0.15) is 5.78 Å². The number of ketones is 1. The highest BCUT2D eigenvalue weighted by atomic mass is 16.1. The first-order valence-electron chi connectivity index (χ1n) is 4.46. The molecule has 1 fully saturated rings. The lowest BCUT2D eigenvalue weighted by molar-refractivity contribution is -0.121. The summed E-state index contributed by atoms with van der Waals surface area (Å²) in [5, 5.41) is 0. The standard InChI is InChI=1S/C9H17NO/c1-3-10(2)8-4-6-9(11)7-5-8/h8H,3-7H2,1-2H3. The van der Waals surface area contributed by atoms with Gasteiger partial charge in [-0.3, -0.25) is 4.79 Å². The molecule has 0 N–H and O–H groups in total. The number of nitrogens with zero attached hydrogens (tertiary/aromatic N) is 1. The summed E-state index contributed by atoms with van der Waals surface area (Å²) in [5.74, 6) is 0.450. The molecule has 1 aliphatic carbocycles. The van der Waals surface area contributed by atoms with E-state index in [0.717, 1.165) is 32.2 Å². The van der Waals surface area contributed by atoms with Gasteiger partial charge in [0.15, 0.2) is 0 Å². The van der Waals surface area contributed by atoms with Crippen molar-refractivity contribution in [2.45, 2.75) is 38.6 Å². The van der Waals surface area contributed by atoms with Crippen LogP contribution in [0.1, 0.15) is 32.6 Å². The van der Waals surface area contributed by atoms with Crippen LogP contribution in [-0.2, 0) is 4.79 Å². The molecular formula is C9H17NO. The third-order valence-electron chi connectivity index (χ3n) is 2.63. The lowest BCUT2D eigenvalue weighted by atomic mass is 9.93. The van der Waals surface area contributed by atoms with Gasteiger partial charge in [0.25, 0.3) is 0 Å². The smallest absolute Gasteiger partial charge is 0.133 e. The molecule has 1 rings (SSSR count). The van der Waals surface area contributed by atoms with Crippen LogP contribution in [0.15, 0.2) is 0 Å². The lowest BCUT2D eigenvalue weighted by Crippen LogP contribution is -2.34. The van der Waals surface area contributed by atoms with Gasteiger partial charge in [-0.2, -0.15) is 0 Å². The molecule has 11 heavy (non-hydrogen) atoms. The minimum absolute atomic E-state index is 0.450. The van der Waals surface area contributed by atoms with Crippen molar-refractivity contribution in [2.24, 2.45) is 0 Å². The Hall–Kier alpha value is -0.370. The van der Waals surface area contributed by atoms with E-state index in [0.29, 0.717) is 11.8 Å². The monoisotopic (exact) mass is 155 g/mol. The average molecular weight is 155 g/mol. The average Bonchev–Trinajstić information content (AvgIpc) is 2.05. The molecule has 0 atom stereocenters. The molecule has 0 aromatic rings. The summed E-state index contributed by atoms with van der Waals surface area (Å²) < 4.78 is 0. The van der Waals surface area contributed by atoms with Crippen LogP contribution in [-0.4, -0.2) is 30.3 Å². The van der Waals surface area contributed by atoms with Gasteiger partial charge in [0.2, 0.25) is 0 Å². The summed E-state index contributed by atoms with van der Waals surface area (Å²) in [6.45, 7) is 3.26. The van der Waals surface area contributed by atoms with Crippen molar-refractivity contribution in [1.82, 2.24) is 4.90 Å². The van der Waals surface area contributed by atoms with Crippen LogP contribution < -0.4 is 0 Å². The number of Topliss-reactive ketones (excluding diaryl/α,β-unsaturated/α-hetero) is 1. The maximum Gasteiger partial charge on any atom is 0.133 e. The molecule has 1 aliphatic rings. The molecule has 0 saturated heterocycles. The van der Waals surface area contributed by atoms with Crippen LogP contribution in [0.5, 0.6) is 0 Å². The van der Waals surface area contributed by atoms with E-state index in [1.54, 1.807) is 0 Å².